The van der Waals surface area contributed by atoms with Gasteiger partial charge in [-0.15, -0.1) is 0 Å². The summed E-state index contributed by atoms with van der Waals surface area (Å²) >= 11 is 0. The Hall–Kier alpha value is -1.30. The van der Waals surface area contributed by atoms with Crippen LogP contribution in [0.5, 0.6) is 0 Å². The molecule has 0 saturated carbocycles. The maximum atomic E-state index is 12.3. The quantitative estimate of drug-likeness (QED) is 0.292. The molecule has 104 valence electrons. The average molecular weight is 257 g/mol. The van der Waals surface area contributed by atoms with Crippen LogP contribution >= 0.6 is 0 Å². The Labute approximate surface area is 108 Å². The largest absolute Gasteiger partial charge is 0.409 e. The van der Waals surface area contributed by atoms with E-state index in [-0.39, 0.29) is 11.7 Å². The van der Waals surface area contributed by atoms with Crippen LogP contribution in [0.3, 0.4) is 0 Å². The molecule has 1 rings (SSSR count). The highest BCUT2D eigenvalue weighted by Gasteiger charge is 2.44. The van der Waals surface area contributed by atoms with Gasteiger partial charge in [0.25, 0.3) is 0 Å². The van der Waals surface area contributed by atoms with Gasteiger partial charge in [0.15, 0.2) is 5.84 Å². The highest BCUT2D eigenvalue weighted by Crippen LogP contribution is 2.31. The smallest absolute Gasteiger partial charge is 0.234 e. The molecule has 0 aromatic rings. The van der Waals surface area contributed by atoms with Crippen molar-refractivity contribution >= 4 is 11.7 Å². The lowest BCUT2D eigenvalue weighted by Gasteiger charge is -2.34. The number of oxime groups is 1. The highest BCUT2D eigenvalue weighted by atomic mass is 16.5. The number of ether oxygens (including phenoxy) is 1. The number of nitrogens with zero attached hydrogens (tertiary/aromatic N) is 1. The first-order valence-electron chi connectivity index (χ1n) is 6.37. The zero-order valence-corrected chi connectivity index (χ0v) is 11.1. The average Bonchev–Trinajstić information content (AvgIpc) is 2.38. The van der Waals surface area contributed by atoms with E-state index in [1.807, 2.05) is 0 Å². The third-order valence-electron chi connectivity index (χ3n) is 3.39. The van der Waals surface area contributed by atoms with Gasteiger partial charge in [-0.3, -0.25) is 4.79 Å². The van der Waals surface area contributed by atoms with Gasteiger partial charge < -0.3 is 21.0 Å². The number of nitrogens with two attached hydrogens (primary N) is 1. The minimum absolute atomic E-state index is 0.0205. The third-order valence-corrected chi connectivity index (χ3v) is 3.39. The highest BCUT2D eigenvalue weighted by molar-refractivity contribution is 6.06. The van der Waals surface area contributed by atoms with Crippen LogP contribution in [-0.2, 0) is 9.53 Å². The van der Waals surface area contributed by atoms with Crippen LogP contribution in [0.15, 0.2) is 5.16 Å². The molecule has 1 amide bonds. The number of carbonyl (C=O) groups is 1. The van der Waals surface area contributed by atoms with E-state index in [1.54, 1.807) is 0 Å². The monoisotopic (exact) mass is 257 g/mol. The summed E-state index contributed by atoms with van der Waals surface area (Å²) < 4.78 is 5.24. The van der Waals surface area contributed by atoms with E-state index in [2.05, 4.69) is 24.3 Å². The molecule has 0 bridgehead atoms. The topological polar surface area (TPSA) is 96.9 Å². The van der Waals surface area contributed by atoms with E-state index in [9.17, 15) is 4.79 Å². The van der Waals surface area contributed by atoms with Crippen molar-refractivity contribution < 1.29 is 14.7 Å². The van der Waals surface area contributed by atoms with Crippen LogP contribution in [0.2, 0.25) is 0 Å². The summed E-state index contributed by atoms with van der Waals surface area (Å²) in [6.45, 7) is 5.71. The van der Waals surface area contributed by atoms with Crippen molar-refractivity contribution in [3.63, 3.8) is 0 Å². The molecule has 6 heteroatoms. The summed E-state index contributed by atoms with van der Waals surface area (Å²) in [6, 6.07) is 0. The van der Waals surface area contributed by atoms with Gasteiger partial charge in [0.1, 0.15) is 5.41 Å². The Bertz CT molecular complexity index is 310. The van der Waals surface area contributed by atoms with Crippen LogP contribution in [0.4, 0.5) is 0 Å². The number of amidine groups is 1. The molecule has 1 fully saturated rings. The molecule has 1 aliphatic rings. The lowest BCUT2D eigenvalue weighted by atomic mass is 9.78. The van der Waals surface area contributed by atoms with Crippen molar-refractivity contribution in [3.05, 3.63) is 0 Å². The zero-order chi connectivity index (χ0) is 13.6. The molecule has 4 N–H and O–H groups in total. The van der Waals surface area contributed by atoms with Gasteiger partial charge in [0, 0.05) is 19.8 Å². The van der Waals surface area contributed by atoms with Crippen molar-refractivity contribution in [1.82, 2.24) is 5.32 Å². The van der Waals surface area contributed by atoms with Crippen LogP contribution in [0, 0.1) is 11.3 Å². The van der Waals surface area contributed by atoms with Gasteiger partial charge >= 0.3 is 0 Å². The van der Waals surface area contributed by atoms with Crippen LogP contribution in [0.1, 0.15) is 33.1 Å². The molecule has 6 nitrogen and oxygen atoms in total. The Morgan fingerprint density at radius 3 is 2.61 bits per heavy atom. The molecular formula is C12H23N3O3. The number of carbonyl (C=O) groups excluding carboxylic acids is 1. The lowest BCUT2D eigenvalue weighted by molar-refractivity contribution is -0.131. The molecule has 0 unspecified atom stereocenters. The van der Waals surface area contributed by atoms with Crippen molar-refractivity contribution in [1.29, 1.82) is 0 Å². The van der Waals surface area contributed by atoms with Gasteiger partial charge in [-0.2, -0.15) is 0 Å². The molecule has 1 aliphatic heterocycles. The Morgan fingerprint density at radius 1 is 1.50 bits per heavy atom. The fourth-order valence-corrected chi connectivity index (χ4v) is 2.06. The van der Waals surface area contributed by atoms with Crippen molar-refractivity contribution in [2.75, 3.05) is 19.8 Å². The molecule has 1 heterocycles. The molecule has 0 spiro atoms. The molecule has 18 heavy (non-hydrogen) atoms. The molecular weight excluding hydrogens is 234 g/mol. The minimum atomic E-state index is -0.913. The Morgan fingerprint density at radius 2 is 2.11 bits per heavy atom. The predicted molar refractivity (Wildman–Crippen MR) is 68.4 cm³/mol. The third kappa shape index (κ3) is 3.35. The fraction of sp³-hybridized carbons (Fsp3) is 0.833. The Kier molecular flexibility index (Phi) is 5.40. The van der Waals surface area contributed by atoms with Gasteiger partial charge in [-0.05, 0) is 25.2 Å². The normalized spacial score (nSPS) is 19.8. The summed E-state index contributed by atoms with van der Waals surface area (Å²) in [5.74, 6) is 0.342. The molecule has 1 saturated heterocycles. The lowest BCUT2D eigenvalue weighted by Crippen LogP contribution is -2.53. The van der Waals surface area contributed by atoms with Gasteiger partial charge in [0.05, 0.1) is 0 Å². The van der Waals surface area contributed by atoms with Crippen molar-refractivity contribution in [3.8, 4) is 0 Å². The maximum Gasteiger partial charge on any atom is 0.234 e. The molecule has 0 aromatic carbocycles. The first-order chi connectivity index (χ1) is 8.53. The van der Waals surface area contributed by atoms with E-state index in [1.165, 1.54) is 0 Å². The van der Waals surface area contributed by atoms with Crippen LogP contribution in [0.25, 0.3) is 0 Å². The van der Waals surface area contributed by atoms with Crippen LogP contribution < -0.4 is 11.1 Å². The number of nitrogens with one attached hydrogen (secondary N) is 1. The summed E-state index contributed by atoms with van der Waals surface area (Å²) in [7, 11) is 0. The number of hydrogen-bond donors (Lipinski definition) is 3. The standard InChI is InChI=1S/C12H23N3O3/c1-9(2)3-6-14-11(16)12(10(13)15-17)4-7-18-8-5-12/h9,17H,3-8H2,1-2H3,(H2,13,15)(H,14,16). The molecule has 0 atom stereocenters. The second-order valence-electron chi connectivity index (χ2n) is 5.12. The number of amides is 1. The van der Waals surface area contributed by atoms with Crippen molar-refractivity contribution in [2.45, 2.75) is 33.1 Å². The van der Waals surface area contributed by atoms with Crippen LogP contribution in [-0.4, -0.2) is 36.7 Å². The van der Waals surface area contributed by atoms with E-state index in [0.717, 1.165) is 6.42 Å². The van der Waals surface area contributed by atoms with Crippen molar-refractivity contribution in [2.24, 2.45) is 22.2 Å². The zero-order valence-electron chi connectivity index (χ0n) is 11.1. The van der Waals surface area contributed by atoms with Gasteiger partial charge in [-0.1, -0.05) is 19.0 Å². The first-order valence-corrected chi connectivity index (χ1v) is 6.37. The Balaban J connectivity index is 2.68. The molecule has 0 aliphatic carbocycles. The predicted octanol–water partition coefficient (Wildman–Crippen LogP) is 0.692. The van der Waals surface area contributed by atoms with E-state index < -0.39 is 5.41 Å². The molecule has 0 aromatic heterocycles. The maximum absolute atomic E-state index is 12.3. The second kappa shape index (κ2) is 6.58. The summed E-state index contributed by atoms with van der Waals surface area (Å²) in [6.07, 6.45) is 1.82. The van der Waals surface area contributed by atoms with E-state index in [4.69, 9.17) is 15.7 Å². The second-order valence-corrected chi connectivity index (χ2v) is 5.12. The molecule has 0 radical (unpaired) electrons. The minimum Gasteiger partial charge on any atom is -0.409 e. The fourth-order valence-electron chi connectivity index (χ4n) is 2.06. The number of rotatable bonds is 5. The summed E-state index contributed by atoms with van der Waals surface area (Å²) in [5, 5.41) is 14.8. The van der Waals surface area contributed by atoms with Gasteiger partial charge in [0.2, 0.25) is 5.91 Å². The van der Waals surface area contributed by atoms with E-state index >= 15 is 0 Å². The van der Waals surface area contributed by atoms with Gasteiger partial charge in [-0.25, -0.2) is 0 Å². The SMILES string of the molecule is CC(C)CCNC(=O)C1(C(N)=NO)CCOCC1. The summed E-state index contributed by atoms with van der Waals surface area (Å²) in [4.78, 5) is 12.3. The van der Waals surface area contributed by atoms with E-state index in [0.29, 0.717) is 38.5 Å². The number of hydrogen-bond acceptors (Lipinski definition) is 4. The summed E-state index contributed by atoms with van der Waals surface area (Å²) in [5.41, 5.74) is 4.79. The first kappa shape index (κ1) is 14.8.